The largest absolute Gasteiger partial charge is 0.353 e. The topological polar surface area (TPSA) is 41.1 Å². The molecule has 0 saturated carbocycles. The van der Waals surface area contributed by atoms with Crippen molar-refractivity contribution in [1.82, 2.24) is 10.6 Å². The van der Waals surface area contributed by atoms with E-state index in [1.54, 1.807) is 0 Å². The van der Waals surface area contributed by atoms with Crippen LogP contribution in [0.25, 0.3) is 0 Å². The summed E-state index contributed by atoms with van der Waals surface area (Å²) in [5.74, 6) is -1.82. The first-order chi connectivity index (χ1) is 9.16. The predicted molar refractivity (Wildman–Crippen MR) is 68.7 cm³/mol. The quantitative estimate of drug-likeness (QED) is 0.873. The summed E-state index contributed by atoms with van der Waals surface area (Å²) in [4.78, 5) is 11.7. The first-order valence-corrected chi connectivity index (χ1v) is 6.60. The number of benzene rings is 1. The second kappa shape index (κ2) is 6.61. The van der Waals surface area contributed by atoms with Gasteiger partial charge in [-0.05, 0) is 44.0 Å². The second-order valence-electron chi connectivity index (χ2n) is 4.80. The molecule has 0 aliphatic carbocycles. The first kappa shape index (κ1) is 13.9. The molecule has 0 atom stereocenters. The van der Waals surface area contributed by atoms with E-state index >= 15 is 0 Å². The summed E-state index contributed by atoms with van der Waals surface area (Å²) >= 11 is 0. The van der Waals surface area contributed by atoms with Crippen LogP contribution in [0.2, 0.25) is 0 Å². The van der Waals surface area contributed by atoms with Gasteiger partial charge in [0.1, 0.15) is 0 Å². The van der Waals surface area contributed by atoms with Crippen molar-refractivity contribution in [1.29, 1.82) is 0 Å². The molecule has 1 saturated heterocycles. The van der Waals surface area contributed by atoms with Crippen LogP contribution in [0.15, 0.2) is 18.2 Å². The van der Waals surface area contributed by atoms with Gasteiger partial charge < -0.3 is 10.6 Å². The Morgan fingerprint density at radius 2 is 2.05 bits per heavy atom. The summed E-state index contributed by atoms with van der Waals surface area (Å²) in [7, 11) is 0. The zero-order valence-corrected chi connectivity index (χ0v) is 10.7. The van der Waals surface area contributed by atoms with E-state index in [0.717, 1.165) is 32.0 Å². The molecule has 2 N–H and O–H groups in total. The van der Waals surface area contributed by atoms with Gasteiger partial charge in [0.25, 0.3) is 0 Å². The van der Waals surface area contributed by atoms with Crippen molar-refractivity contribution in [2.24, 2.45) is 0 Å². The molecule has 104 valence electrons. The van der Waals surface area contributed by atoms with Crippen LogP contribution in [0.3, 0.4) is 0 Å². The molecule has 3 nitrogen and oxygen atoms in total. The van der Waals surface area contributed by atoms with Crippen molar-refractivity contribution in [2.45, 2.75) is 31.7 Å². The maximum absolute atomic E-state index is 13.4. The van der Waals surface area contributed by atoms with Gasteiger partial charge in [-0.25, -0.2) is 8.78 Å². The highest BCUT2D eigenvalue weighted by molar-refractivity contribution is 5.76. The second-order valence-corrected chi connectivity index (χ2v) is 4.80. The van der Waals surface area contributed by atoms with Crippen LogP contribution < -0.4 is 10.6 Å². The average Bonchev–Trinajstić information content (AvgIpc) is 2.42. The smallest absolute Gasteiger partial charge is 0.220 e. The molecule has 0 radical (unpaired) electrons. The van der Waals surface area contributed by atoms with E-state index in [2.05, 4.69) is 10.6 Å². The molecule has 1 aliphatic rings. The number of piperidine rings is 1. The Morgan fingerprint density at radius 1 is 1.32 bits per heavy atom. The van der Waals surface area contributed by atoms with Crippen molar-refractivity contribution in [3.05, 3.63) is 35.4 Å². The van der Waals surface area contributed by atoms with Gasteiger partial charge in [-0.15, -0.1) is 0 Å². The lowest BCUT2D eigenvalue weighted by atomic mass is 10.1. The summed E-state index contributed by atoms with van der Waals surface area (Å²) in [6.07, 6.45) is 2.24. The number of rotatable bonds is 4. The van der Waals surface area contributed by atoms with Crippen LogP contribution in [-0.2, 0) is 11.2 Å². The van der Waals surface area contributed by atoms with Crippen LogP contribution >= 0.6 is 0 Å². The summed E-state index contributed by atoms with van der Waals surface area (Å²) in [5.41, 5.74) is 0.250. The Bertz CT molecular complexity index is 445. The van der Waals surface area contributed by atoms with Gasteiger partial charge in [0.2, 0.25) is 5.91 Å². The Balaban J connectivity index is 1.81. The SMILES string of the molecule is O=C(CCc1cccc(F)c1F)NC1CCNCC1. The van der Waals surface area contributed by atoms with Crippen molar-refractivity contribution in [3.63, 3.8) is 0 Å². The first-order valence-electron chi connectivity index (χ1n) is 6.60. The maximum Gasteiger partial charge on any atom is 0.220 e. The minimum absolute atomic E-state index is 0.101. The van der Waals surface area contributed by atoms with Crippen molar-refractivity contribution in [2.75, 3.05) is 13.1 Å². The molecule has 1 fully saturated rings. The Hall–Kier alpha value is -1.49. The number of carbonyl (C=O) groups is 1. The van der Waals surface area contributed by atoms with E-state index in [9.17, 15) is 13.6 Å². The van der Waals surface area contributed by atoms with E-state index in [1.807, 2.05) is 0 Å². The average molecular weight is 268 g/mol. The Morgan fingerprint density at radius 3 is 2.79 bits per heavy atom. The lowest BCUT2D eigenvalue weighted by Gasteiger charge is -2.23. The Labute approximate surface area is 111 Å². The number of hydrogen-bond donors (Lipinski definition) is 2. The van der Waals surface area contributed by atoms with Gasteiger partial charge in [0.05, 0.1) is 0 Å². The Kier molecular flexibility index (Phi) is 4.85. The van der Waals surface area contributed by atoms with Gasteiger partial charge in [-0.2, -0.15) is 0 Å². The van der Waals surface area contributed by atoms with Crippen LogP contribution in [0, 0.1) is 11.6 Å². The fraction of sp³-hybridized carbons (Fsp3) is 0.500. The van der Waals surface area contributed by atoms with E-state index in [4.69, 9.17) is 0 Å². The number of carbonyl (C=O) groups excluding carboxylic acids is 1. The molecule has 1 aromatic carbocycles. The number of hydrogen-bond acceptors (Lipinski definition) is 2. The third-order valence-corrected chi connectivity index (χ3v) is 3.36. The molecule has 1 aliphatic heterocycles. The number of amides is 1. The fourth-order valence-electron chi connectivity index (χ4n) is 2.26. The standard InChI is InChI=1S/C14H18F2N2O/c15-12-3-1-2-10(14(12)16)4-5-13(19)18-11-6-8-17-9-7-11/h1-3,11,17H,4-9H2,(H,18,19). The summed E-state index contributed by atoms with van der Waals surface area (Å²) < 4.78 is 26.4. The normalized spacial score (nSPS) is 16.3. The lowest BCUT2D eigenvalue weighted by Crippen LogP contribution is -2.42. The highest BCUT2D eigenvalue weighted by atomic mass is 19.2. The molecule has 0 unspecified atom stereocenters. The van der Waals surface area contributed by atoms with Crippen molar-refractivity contribution in [3.8, 4) is 0 Å². The lowest BCUT2D eigenvalue weighted by molar-refractivity contribution is -0.121. The number of halogens is 2. The summed E-state index contributed by atoms with van der Waals surface area (Å²) in [5, 5.41) is 6.14. The fourth-order valence-corrected chi connectivity index (χ4v) is 2.26. The zero-order chi connectivity index (χ0) is 13.7. The van der Waals surface area contributed by atoms with E-state index < -0.39 is 11.6 Å². The monoisotopic (exact) mass is 268 g/mol. The molecule has 1 amide bonds. The third-order valence-electron chi connectivity index (χ3n) is 3.36. The molecule has 5 heteroatoms. The molecule has 2 rings (SSSR count). The van der Waals surface area contributed by atoms with E-state index in [-0.39, 0.29) is 30.4 Å². The molecular weight excluding hydrogens is 250 g/mol. The highest BCUT2D eigenvalue weighted by Gasteiger charge is 2.16. The van der Waals surface area contributed by atoms with Gasteiger partial charge in [-0.3, -0.25) is 4.79 Å². The van der Waals surface area contributed by atoms with Gasteiger partial charge in [0.15, 0.2) is 11.6 Å². The highest BCUT2D eigenvalue weighted by Crippen LogP contribution is 2.13. The third kappa shape index (κ3) is 3.99. The maximum atomic E-state index is 13.4. The molecular formula is C14H18F2N2O. The van der Waals surface area contributed by atoms with Crippen LogP contribution in [0.1, 0.15) is 24.8 Å². The van der Waals surface area contributed by atoms with Gasteiger partial charge >= 0.3 is 0 Å². The predicted octanol–water partition coefficient (Wildman–Crippen LogP) is 1.77. The van der Waals surface area contributed by atoms with Gasteiger partial charge in [0, 0.05) is 12.5 Å². The number of nitrogens with one attached hydrogen (secondary N) is 2. The van der Waals surface area contributed by atoms with E-state index in [0.29, 0.717) is 0 Å². The summed E-state index contributed by atoms with van der Waals surface area (Å²) in [6, 6.07) is 4.24. The molecule has 0 spiro atoms. The minimum Gasteiger partial charge on any atom is -0.353 e. The molecule has 0 bridgehead atoms. The molecule has 0 aromatic heterocycles. The molecule has 1 aromatic rings. The van der Waals surface area contributed by atoms with Crippen molar-refractivity contribution >= 4 is 5.91 Å². The van der Waals surface area contributed by atoms with E-state index in [1.165, 1.54) is 12.1 Å². The van der Waals surface area contributed by atoms with Crippen LogP contribution in [0.4, 0.5) is 8.78 Å². The summed E-state index contributed by atoms with van der Waals surface area (Å²) in [6.45, 7) is 1.81. The zero-order valence-electron chi connectivity index (χ0n) is 10.7. The molecule has 19 heavy (non-hydrogen) atoms. The minimum atomic E-state index is -0.865. The van der Waals surface area contributed by atoms with Gasteiger partial charge in [-0.1, -0.05) is 12.1 Å². The van der Waals surface area contributed by atoms with Crippen molar-refractivity contribution < 1.29 is 13.6 Å². The van der Waals surface area contributed by atoms with Crippen LogP contribution in [0.5, 0.6) is 0 Å². The van der Waals surface area contributed by atoms with Crippen LogP contribution in [-0.4, -0.2) is 25.0 Å². The molecule has 1 heterocycles. The number of aryl methyl sites for hydroxylation is 1.